The number of hydrogen-bond acceptors (Lipinski definition) is 3. The molecule has 0 aliphatic carbocycles. The molecule has 0 aliphatic rings. The standard InChI is InChI=1S/C23H29N5S.HI/c1-3-25-23(26-13-15-29-2)27-16-21-6-4-5-7-22(21)20-10-8-19(9-11-20)17-28-14-12-24-18-28;/h4-12,14,18H,3,13,15-17H2,1-2H3,(H2,25,26,27);1H. The van der Waals surface area contributed by atoms with Crippen molar-refractivity contribution in [3.8, 4) is 11.1 Å². The van der Waals surface area contributed by atoms with Gasteiger partial charge in [-0.05, 0) is 35.4 Å². The number of aliphatic imine (C=N–C) groups is 1. The predicted octanol–water partition coefficient (Wildman–Crippen LogP) is 4.63. The van der Waals surface area contributed by atoms with E-state index < -0.39 is 0 Å². The van der Waals surface area contributed by atoms with Crippen LogP contribution in [-0.2, 0) is 13.1 Å². The summed E-state index contributed by atoms with van der Waals surface area (Å²) in [6, 6.07) is 17.2. The van der Waals surface area contributed by atoms with Crippen molar-refractivity contribution in [1.82, 2.24) is 20.2 Å². The molecule has 1 heterocycles. The highest BCUT2D eigenvalue weighted by molar-refractivity contribution is 14.0. The van der Waals surface area contributed by atoms with Crippen LogP contribution in [0.25, 0.3) is 11.1 Å². The third kappa shape index (κ3) is 7.36. The lowest BCUT2D eigenvalue weighted by molar-refractivity contribution is 0.797. The van der Waals surface area contributed by atoms with E-state index in [1.807, 2.05) is 30.5 Å². The summed E-state index contributed by atoms with van der Waals surface area (Å²) in [7, 11) is 0. The fourth-order valence-electron chi connectivity index (χ4n) is 3.10. The topological polar surface area (TPSA) is 54.2 Å². The van der Waals surface area contributed by atoms with Gasteiger partial charge >= 0.3 is 0 Å². The maximum atomic E-state index is 4.78. The Bertz CT molecular complexity index is 894. The first-order chi connectivity index (χ1) is 14.3. The van der Waals surface area contributed by atoms with Crippen molar-refractivity contribution < 1.29 is 0 Å². The number of hydrogen-bond donors (Lipinski definition) is 2. The van der Waals surface area contributed by atoms with E-state index in [1.54, 1.807) is 0 Å². The molecule has 0 unspecified atom stereocenters. The molecule has 0 radical (unpaired) electrons. The number of guanidine groups is 1. The molecule has 1 aromatic heterocycles. The Morgan fingerprint density at radius 1 is 1.10 bits per heavy atom. The van der Waals surface area contributed by atoms with Crippen molar-refractivity contribution in [3.63, 3.8) is 0 Å². The molecule has 5 nitrogen and oxygen atoms in total. The molecule has 0 spiro atoms. The molecule has 0 atom stereocenters. The molecule has 0 amide bonds. The second-order valence-electron chi connectivity index (χ2n) is 6.70. The Balaban J connectivity index is 0.00000320. The van der Waals surface area contributed by atoms with Gasteiger partial charge in [-0.15, -0.1) is 24.0 Å². The second-order valence-corrected chi connectivity index (χ2v) is 7.69. The number of imidazole rings is 1. The SMILES string of the molecule is CCNC(=NCc1ccccc1-c1ccc(Cn2ccnc2)cc1)NCCSC.I. The van der Waals surface area contributed by atoms with Gasteiger partial charge in [0, 0.05) is 37.8 Å². The van der Waals surface area contributed by atoms with Crippen LogP contribution >= 0.6 is 35.7 Å². The van der Waals surface area contributed by atoms with E-state index in [9.17, 15) is 0 Å². The van der Waals surface area contributed by atoms with Crippen LogP contribution in [0.3, 0.4) is 0 Å². The minimum Gasteiger partial charge on any atom is -0.357 e. The monoisotopic (exact) mass is 535 g/mol. The van der Waals surface area contributed by atoms with Crippen LogP contribution < -0.4 is 10.6 Å². The lowest BCUT2D eigenvalue weighted by Gasteiger charge is -2.12. The fourth-order valence-corrected chi connectivity index (χ4v) is 3.40. The van der Waals surface area contributed by atoms with Crippen LogP contribution in [0, 0.1) is 0 Å². The van der Waals surface area contributed by atoms with Gasteiger partial charge in [0.25, 0.3) is 0 Å². The van der Waals surface area contributed by atoms with E-state index in [4.69, 9.17) is 4.99 Å². The molecule has 2 aromatic carbocycles. The summed E-state index contributed by atoms with van der Waals surface area (Å²) in [5.74, 6) is 1.93. The van der Waals surface area contributed by atoms with Crippen molar-refractivity contribution in [1.29, 1.82) is 0 Å². The molecule has 160 valence electrons. The summed E-state index contributed by atoms with van der Waals surface area (Å²) in [5.41, 5.74) is 4.92. The minimum atomic E-state index is 0. The molecule has 2 N–H and O–H groups in total. The molecule has 0 saturated heterocycles. The highest BCUT2D eigenvalue weighted by atomic mass is 127. The summed E-state index contributed by atoms with van der Waals surface area (Å²) < 4.78 is 2.07. The van der Waals surface area contributed by atoms with Crippen LogP contribution in [0.1, 0.15) is 18.1 Å². The van der Waals surface area contributed by atoms with Gasteiger partial charge in [-0.2, -0.15) is 11.8 Å². The number of halogens is 1. The Labute approximate surface area is 200 Å². The number of aromatic nitrogens is 2. The van der Waals surface area contributed by atoms with Crippen molar-refractivity contribution in [2.45, 2.75) is 20.0 Å². The maximum absolute atomic E-state index is 4.78. The maximum Gasteiger partial charge on any atom is 0.191 e. The number of rotatable bonds is 9. The molecular formula is C23H30IN5S. The fraction of sp³-hybridized carbons (Fsp3) is 0.304. The first-order valence-electron chi connectivity index (χ1n) is 9.94. The third-order valence-electron chi connectivity index (χ3n) is 4.56. The normalized spacial score (nSPS) is 11.1. The molecule has 3 aromatic rings. The summed E-state index contributed by atoms with van der Waals surface area (Å²) in [4.78, 5) is 8.89. The molecule has 7 heteroatoms. The van der Waals surface area contributed by atoms with Crippen LogP contribution in [0.2, 0.25) is 0 Å². The van der Waals surface area contributed by atoms with Crippen molar-refractivity contribution in [2.75, 3.05) is 25.1 Å². The van der Waals surface area contributed by atoms with E-state index in [1.165, 1.54) is 22.3 Å². The first kappa shape index (κ1) is 24.3. The lowest BCUT2D eigenvalue weighted by Crippen LogP contribution is -2.38. The highest BCUT2D eigenvalue weighted by Crippen LogP contribution is 2.25. The molecule has 0 fully saturated rings. The number of nitrogens with one attached hydrogen (secondary N) is 2. The quantitative estimate of drug-likeness (QED) is 0.182. The van der Waals surface area contributed by atoms with Gasteiger partial charge in [-0.25, -0.2) is 9.98 Å². The molecule has 0 saturated carbocycles. The van der Waals surface area contributed by atoms with Gasteiger partial charge in [0.15, 0.2) is 5.96 Å². The van der Waals surface area contributed by atoms with E-state index in [-0.39, 0.29) is 24.0 Å². The zero-order valence-corrected chi connectivity index (χ0v) is 20.7. The van der Waals surface area contributed by atoms with E-state index in [0.717, 1.165) is 31.3 Å². The first-order valence-corrected chi connectivity index (χ1v) is 11.3. The predicted molar refractivity (Wildman–Crippen MR) is 140 cm³/mol. The van der Waals surface area contributed by atoms with Gasteiger partial charge in [-0.3, -0.25) is 0 Å². The van der Waals surface area contributed by atoms with E-state index >= 15 is 0 Å². The van der Waals surface area contributed by atoms with Crippen LogP contribution in [-0.4, -0.2) is 40.6 Å². The highest BCUT2D eigenvalue weighted by Gasteiger charge is 2.06. The zero-order valence-electron chi connectivity index (χ0n) is 17.5. The van der Waals surface area contributed by atoms with Gasteiger partial charge in [0.2, 0.25) is 0 Å². The summed E-state index contributed by atoms with van der Waals surface area (Å²) in [5, 5.41) is 6.71. The lowest BCUT2D eigenvalue weighted by atomic mass is 9.98. The van der Waals surface area contributed by atoms with Crippen molar-refractivity contribution in [3.05, 3.63) is 78.4 Å². The molecule has 30 heavy (non-hydrogen) atoms. The van der Waals surface area contributed by atoms with Gasteiger partial charge in [-0.1, -0.05) is 48.5 Å². The Morgan fingerprint density at radius 3 is 2.60 bits per heavy atom. The molecule has 0 bridgehead atoms. The molecular weight excluding hydrogens is 505 g/mol. The minimum absolute atomic E-state index is 0. The summed E-state index contributed by atoms with van der Waals surface area (Å²) in [6.07, 6.45) is 7.75. The van der Waals surface area contributed by atoms with Crippen molar-refractivity contribution in [2.24, 2.45) is 4.99 Å². The van der Waals surface area contributed by atoms with E-state index in [2.05, 4.69) is 81.9 Å². The van der Waals surface area contributed by atoms with Gasteiger partial charge in [0.05, 0.1) is 12.9 Å². The van der Waals surface area contributed by atoms with E-state index in [0.29, 0.717) is 6.54 Å². The number of nitrogens with zero attached hydrogens (tertiary/aromatic N) is 3. The Kier molecular flexibility index (Phi) is 10.8. The molecule has 3 rings (SSSR count). The number of benzene rings is 2. The summed E-state index contributed by atoms with van der Waals surface area (Å²) in [6.45, 7) is 5.32. The second kappa shape index (κ2) is 13.3. The van der Waals surface area contributed by atoms with Gasteiger partial charge in [0.1, 0.15) is 0 Å². The van der Waals surface area contributed by atoms with Crippen LogP contribution in [0.15, 0.2) is 72.2 Å². The zero-order chi connectivity index (χ0) is 20.3. The Hall–Kier alpha value is -2.00. The van der Waals surface area contributed by atoms with Crippen molar-refractivity contribution >= 4 is 41.7 Å². The smallest absolute Gasteiger partial charge is 0.191 e. The third-order valence-corrected chi connectivity index (χ3v) is 5.17. The molecule has 0 aliphatic heterocycles. The average Bonchev–Trinajstić information content (AvgIpc) is 3.26. The summed E-state index contributed by atoms with van der Waals surface area (Å²) >= 11 is 1.83. The average molecular weight is 535 g/mol. The largest absolute Gasteiger partial charge is 0.357 e. The Morgan fingerprint density at radius 2 is 1.90 bits per heavy atom. The van der Waals surface area contributed by atoms with Crippen LogP contribution in [0.5, 0.6) is 0 Å². The number of thioether (sulfide) groups is 1. The van der Waals surface area contributed by atoms with Crippen LogP contribution in [0.4, 0.5) is 0 Å². The van der Waals surface area contributed by atoms with Gasteiger partial charge < -0.3 is 15.2 Å².